The van der Waals surface area contributed by atoms with Crippen LogP contribution in [0.3, 0.4) is 0 Å². The molecule has 0 saturated carbocycles. The molecule has 1 aromatic carbocycles. The summed E-state index contributed by atoms with van der Waals surface area (Å²) in [6.07, 6.45) is 10.8. The van der Waals surface area contributed by atoms with Gasteiger partial charge in [-0.25, -0.2) is 0 Å². The molecule has 2 aliphatic rings. The number of aromatic nitrogens is 1. The molecule has 1 aliphatic heterocycles. The minimum Gasteiger partial charge on any atom is -0.188 e. The van der Waals surface area contributed by atoms with E-state index in [0.717, 1.165) is 12.8 Å². The van der Waals surface area contributed by atoms with E-state index in [1.165, 1.54) is 28.8 Å². The van der Waals surface area contributed by atoms with Gasteiger partial charge in [-0.2, -0.15) is 4.57 Å². The summed E-state index contributed by atoms with van der Waals surface area (Å²) in [6, 6.07) is 13.9. The SMILES string of the molecule is CCC(C)C12C=CC1(CC)c1ccccc1-c1cc(CC(C)(C)C)cc[n+]12. The average molecular weight is 361 g/mol. The summed E-state index contributed by atoms with van der Waals surface area (Å²) in [5.41, 5.74) is 6.23. The summed E-state index contributed by atoms with van der Waals surface area (Å²) < 4.78 is 2.61. The largest absolute Gasteiger partial charge is 0.213 e. The highest BCUT2D eigenvalue weighted by Gasteiger charge is 2.67. The van der Waals surface area contributed by atoms with E-state index in [0.29, 0.717) is 11.3 Å². The Balaban J connectivity index is 2.00. The van der Waals surface area contributed by atoms with Crippen LogP contribution in [0.1, 0.15) is 65.5 Å². The van der Waals surface area contributed by atoms with Gasteiger partial charge in [-0.15, -0.1) is 0 Å². The molecule has 3 unspecified atom stereocenters. The van der Waals surface area contributed by atoms with E-state index in [9.17, 15) is 0 Å². The number of hydrogen-bond donors (Lipinski definition) is 0. The number of allylic oxidation sites excluding steroid dienone is 2. The van der Waals surface area contributed by atoms with Gasteiger partial charge in [-0.3, -0.25) is 0 Å². The average Bonchev–Trinajstić information content (AvgIpc) is 2.61. The van der Waals surface area contributed by atoms with Crippen LogP contribution in [0.25, 0.3) is 11.3 Å². The van der Waals surface area contributed by atoms with Crippen molar-refractivity contribution in [3.05, 3.63) is 65.9 Å². The third kappa shape index (κ3) is 2.40. The summed E-state index contributed by atoms with van der Waals surface area (Å²) in [5, 5.41) is 0. The van der Waals surface area contributed by atoms with Crippen LogP contribution in [0.5, 0.6) is 0 Å². The minimum atomic E-state index is 0.0560. The van der Waals surface area contributed by atoms with E-state index in [1.807, 2.05) is 0 Å². The minimum absolute atomic E-state index is 0.0560. The zero-order valence-corrected chi connectivity index (χ0v) is 17.8. The van der Waals surface area contributed by atoms with Gasteiger partial charge in [0.25, 0.3) is 0 Å². The Kier molecular flexibility index (Phi) is 4.14. The van der Waals surface area contributed by atoms with Gasteiger partial charge in [0.2, 0.25) is 11.2 Å². The first-order valence-corrected chi connectivity index (χ1v) is 10.6. The van der Waals surface area contributed by atoms with E-state index >= 15 is 0 Å². The first-order chi connectivity index (χ1) is 12.8. The van der Waals surface area contributed by atoms with Gasteiger partial charge in [0, 0.05) is 18.1 Å². The maximum absolute atomic E-state index is 2.61. The quantitative estimate of drug-likeness (QED) is 0.451. The predicted octanol–water partition coefficient (Wildman–Crippen LogP) is 6.20. The van der Waals surface area contributed by atoms with E-state index in [2.05, 4.69) is 101 Å². The molecule has 0 amide bonds. The molecule has 1 aliphatic carbocycles. The van der Waals surface area contributed by atoms with Crippen LogP contribution in [0, 0.1) is 11.3 Å². The Morgan fingerprint density at radius 2 is 1.78 bits per heavy atom. The summed E-state index contributed by atoms with van der Waals surface area (Å²) >= 11 is 0. The lowest BCUT2D eigenvalue weighted by atomic mass is 9.49. The molecule has 27 heavy (non-hydrogen) atoms. The maximum atomic E-state index is 2.61. The second-order valence-electron chi connectivity index (χ2n) is 9.87. The van der Waals surface area contributed by atoms with E-state index in [-0.39, 0.29) is 11.0 Å². The predicted molar refractivity (Wildman–Crippen MR) is 114 cm³/mol. The fraction of sp³-hybridized carbons (Fsp3) is 0.500. The lowest BCUT2D eigenvalue weighted by molar-refractivity contribution is -0.766. The maximum Gasteiger partial charge on any atom is 0.213 e. The van der Waals surface area contributed by atoms with Crippen molar-refractivity contribution in [2.24, 2.45) is 11.3 Å². The van der Waals surface area contributed by atoms with E-state index in [4.69, 9.17) is 0 Å². The number of pyridine rings is 1. The molecule has 0 bridgehead atoms. The summed E-state index contributed by atoms with van der Waals surface area (Å²) in [6.45, 7) is 14.1. The van der Waals surface area contributed by atoms with Crippen molar-refractivity contribution in [3.8, 4) is 11.3 Å². The summed E-state index contributed by atoms with van der Waals surface area (Å²) in [7, 11) is 0. The van der Waals surface area contributed by atoms with Crippen LogP contribution in [0.2, 0.25) is 0 Å². The molecule has 1 aromatic heterocycles. The number of benzene rings is 1. The zero-order chi connectivity index (χ0) is 19.4. The van der Waals surface area contributed by atoms with Crippen molar-refractivity contribution in [2.45, 2.75) is 71.8 Å². The third-order valence-corrected chi connectivity index (χ3v) is 7.09. The summed E-state index contributed by atoms with van der Waals surface area (Å²) in [4.78, 5) is 0. The van der Waals surface area contributed by atoms with Gasteiger partial charge < -0.3 is 0 Å². The first kappa shape index (κ1) is 18.5. The molecule has 0 fully saturated rings. The standard InChI is InChI=1S/C26H34N/c1-7-19(3)26-15-14-25(26,8-2)22-12-10-9-11-21(22)23-17-20(13-16-27(23)26)18-24(4,5)6/h9-17,19H,7-8,18H2,1-6H3/q+1. The van der Waals surface area contributed by atoms with E-state index in [1.54, 1.807) is 0 Å². The zero-order valence-electron chi connectivity index (χ0n) is 17.8. The highest BCUT2D eigenvalue weighted by atomic mass is 15.1. The van der Waals surface area contributed by atoms with Gasteiger partial charge in [0.1, 0.15) is 0 Å². The molecule has 1 nitrogen and oxygen atoms in total. The van der Waals surface area contributed by atoms with Crippen molar-refractivity contribution in [1.82, 2.24) is 0 Å². The van der Waals surface area contributed by atoms with Crippen molar-refractivity contribution in [2.75, 3.05) is 0 Å². The van der Waals surface area contributed by atoms with E-state index < -0.39 is 0 Å². The fourth-order valence-corrected chi connectivity index (χ4v) is 5.69. The molecule has 3 atom stereocenters. The molecule has 0 spiro atoms. The Bertz CT molecular complexity index is 901. The van der Waals surface area contributed by atoms with Crippen LogP contribution in [-0.4, -0.2) is 0 Å². The Hall–Kier alpha value is -1.89. The second-order valence-corrected chi connectivity index (χ2v) is 9.87. The van der Waals surface area contributed by atoms with Crippen LogP contribution in [0.15, 0.2) is 54.7 Å². The lowest BCUT2D eigenvalue weighted by Crippen LogP contribution is -2.75. The molecule has 1 heteroatoms. The Morgan fingerprint density at radius 3 is 2.37 bits per heavy atom. The number of fused-ring (bicyclic) bond motifs is 6. The van der Waals surface area contributed by atoms with Crippen LogP contribution < -0.4 is 4.57 Å². The third-order valence-electron chi connectivity index (χ3n) is 7.09. The van der Waals surface area contributed by atoms with Crippen LogP contribution in [-0.2, 0) is 17.4 Å². The molecule has 4 rings (SSSR count). The Morgan fingerprint density at radius 1 is 1.04 bits per heavy atom. The lowest BCUT2D eigenvalue weighted by Gasteiger charge is -2.55. The number of rotatable bonds is 4. The van der Waals surface area contributed by atoms with Crippen LogP contribution in [0.4, 0.5) is 0 Å². The highest BCUT2D eigenvalue weighted by molar-refractivity contribution is 5.69. The topological polar surface area (TPSA) is 3.88 Å². The first-order valence-electron chi connectivity index (χ1n) is 10.6. The van der Waals surface area contributed by atoms with Gasteiger partial charge in [-0.05, 0) is 47.9 Å². The summed E-state index contributed by atoms with van der Waals surface area (Å²) in [5.74, 6) is 0.591. The van der Waals surface area contributed by atoms with Gasteiger partial charge in [0.15, 0.2) is 6.20 Å². The van der Waals surface area contributed by atoms with Gasteiger partial charge >= 0.3 is 0 Å². The molecule has 0 saturated heterocycles. The number of nitrogens with zero attached hydrogens (tertiary/aromatic N) is 1. The monoisotopic (exact) mass is 360 g/mol. The molecular weight excluding hydrogens is 326 g/mol. The molecule has 2 heterocycles. The fourth-order valence-electron chi connectivity index (χ4n) is 5.69. The van der Waals surface area contributed by atoms with Crippen molar-refractivity contribution < 1.29 is 4.57 Å². The molecule has 142 valence electrons. The normalized spacial score (nSPS) is 26.6. The molecule has 2 aromatic rings. The smallest absolute Gasteiger partial charge is 0.188 e. The molecular formula is C26H34N+. The van der Waals surface area contributed by atoms with Crippen molar-refractivity contribution in [3.63, 3.8) is 0 Å². The highest BCUT2D eigenvalue weighted by Crippen LogP contribution is 2.58. The van der Waals surface area contributed by atoms with Crippen LogP contribution >= 0.6 is 0 Å². The number of hydrogen-bond acceptors (Lipinski definition) is 0. The Labute approximate surface area is 165 Å². The molecule has 0 N–H and O–H groups in total. The van der Waals surface area contributed by atoms with Crippen molar-refractivity contribution >= 4 is 0 Å². The molecule has 0 radical (unpaired) electrons. The second kappa shape index (κ2) is 6.06. The van der Waals surface area contributed by atoms with Crippen molar-refractivity contribution in [1.29, 1.82) is 0 Å². The van der Waals surface area contributed by atoms with Gasteiger partial charge in [0.05, 0.1) is 11.0 Å². The van der Waals surface area contributed by atoms with Gasteiger partial charge in [-0.1, -0.05) is 65.8 Å².